The van der Waals surface area contributed by atoms with E-state index in [-0.39, 0.29) is 31.2 Å². The van der Waals surface area contributed by atoms with Gasteiger partial charge in [0.2, 0.25) is 12.7 Å². The molecule has 0 saturated carbocycles. The van der Waals surface area contributed by atoms with Gasteiger partial charge in [-0.1, -0.05) is 42.5 Å². The van der Waals surface area contributed by atoms with Gasteiger partial charge in [-0.15, -0.1) is 0 Å². The molecule has 2 N–H and O–H groups in total. The van der Waals surface area contributed by atoms with Gasteiger partial charge in [-0.05, 0) is 73.4 Å². The van der Waals surface area contributed by atoms with Gasteiger partial charge in [0.1, 0.15) is 0 Å². The quantitative estimate of drug-likeness (QED) is 0.214. The molecule has 2 aromatic heterocycles. The number of benzene rings is 3. The van der Waals surface area contributed by atoms with Crippen molar-refractivity contribution in [3.8, 4) is 17.2 Å². The second kappa shape index (κ2) is 11.1. The minimum atomic E-state index is -0.180. The van der Waals surface area contributed by atoms with Crippen LogP contribution in [-0.2, 0) is 4.79 Å². The van der Waals surface area contributed by atoms with E-state index in [4.69, 9.17) is 21.7 Å². The van der Waals surface area contributed by atoms with E-state index in [0.29, 0.717) is 11.7 Å². The van der Waals surface area contributed by atoms with E-state index in [9.17, 15) is 4.79 Å². The van der Waals surface area contributed by atoms with Crippen LogP contribution in [0.1, 0.15) is 41.1 Å². The van der Waals surface area contributed by atoms with Crippen LogP contribution in [0.15, 0.2) is 91.1 Å². The number of hydrogen-bond acceptors (Lipinski definition) is 5. The topological polar surface area (TPSA) is 80.7 Å². The zero-order chi connectivity index (χ0) is 29.5. The van der Waals surface area contributed by atoms with Crippen LogP contribution in [0.3, 0.4) is 0 Å². The Morgan fingerprint density at radius 2 is 1.81 bits per heavy atom. The van der Waals surface area contributed by atoms with Crippen molar-refractivity contribution < 1.29 is 14.3 Å². The number of pyridine rings is 1. The lowest BCUT2D eigenvalue weighted by atomic mass is 9.96. The molecular formula is C34H31N5O3S. The highest BCUT2D eigenvalue weighted by Gasteiger charge is 2.41. The van der Waals surface area contributed by atoms with Crippen LogP contribution in [-0.4, -0.2) is 38.8 Å². The molecule has 2 aliphatic rings. The number of ether oxygens (including phenoxy) is 2. The summed E-state index contributed by atoms with van der Waals surface area (Å²) in [5.74, 6) is 1.42. The average molecular weight is 590 g/mol. The Bertz CT molecular complexity index is 1850. The van der Waals surface area contributed by atoms with Gasteiger partial charge in [0.05, 0.1) is 17.8 Å². The van der Waals surface area contributed by atoms with Gasteiger partial charge in [-0.3, -0.25) is 9.78 Å². The van der Waals surface area contributed by atoms with E-state index in [1.165, 1.54) is 0 Å². The molecule has 216 valence electrons. The molecular weight excluding hydrogens is 558 g/mol. The Balaban J connectivity index is 1.20. The second-order valence-corrected chi connectivity index (χ2v) is 11.2. The van der Waals surface area contributed by atoms with Crippen molar-refractivity contribution in [2.45, 2.75) is 32.4 Å². The van der Waals surface area contributed by atoms with E-state index in [1.54, 1.807) is 6.20 Å². The van der Waals surface area contributed by atoms with Gasteiger partial charge < -0.3 is 29.6 Å². The SMILES string of the molecule is Cc1cc([C@@H]2[C@@H](c3ccccn3)NC(=S)N2CCC(=O)Nc2cccc3ccccc23)c(C)n1-c1ccc2c(c1)OCO2. The average Bonchev–Trinajstić information content (AvgIpc) is 3.71. The molecule has 2 atom stereocenters. The van der Waals surface area contributed by atoms with Crippen molar-refractivity contribution in [2.24, 2.45) is 0 Å². The van der Waals surface area contributed by atoms with Crippen LogP contribution < -0.4 is 20.1 Å². The van der Waals surface area contributed by atoms with Crippen LogP contribution in [0.4, 0.5) is 5.69 Å². The van der Waals surface area contributed by atoms with Crippen molar-refractivity contribution >= 4 is 39.7 Å². The summed E-state index contributed by atoms with van der Waals surface area (Å²) in [5.41, 5.74) is 5.98. The first-order chi connectivity index (χ1) is 21.0. The fourth-order valence-electron chi connectivity index (χ4n) is 6.26. The Kier molecular flexibility index (Phi) is 6.95. The van der Waals surface area contributed by atoms with Crippen LogP contribution in [0.5, 0.6) is 11.5 Å². The smallest absolute Gasteiger partial charge is 0.231 e. The summed E-state index contributed by atoms with van der Waals surface area (Å²) in [6.45, 7) is 4.90. The summed E-state index contributed by atoms with van der Waals surface area (Å²) in [5, 5.41) is 9.34. The molecule has 9 heteroatoms. The largest absolute Gasteiger partial charge is 0.454 e. The molecule has 0 unspecified atom stereocenters. The third-order valence-corrected chi connectivity index (χ3v) is 8.60. The summed E-state index contributed by atoms with van der Waals surface area (Å²) in [6.07, 6.45) is 2.07. The Morgan fingerprint density at radius 3 is 2.67 bits per heavy atom. The number of thiocarbonyl (C=S) groups is 1. The number of anilines is 1. The minimum Gasteiger partial charge on any atom is -0.454 e. The second-order valence-electron chi connectivity index (χ2n) is 10.8. The highest BCUT2D eigenvalue weighted by atomic mass is 32.1. The van der Waals surface area contributed by atoms with E-state index < -0.39 is 0 Å². The molecule has 4 heterocycles. The molecule has 3 aromatic carbocycles. The zero-order valence-electron chi connectivity index (χ0n) is 23.9. The molecule has 1 saturated heterocycles. The number of aromatic nitrogens is 2. The summed E-state index contributed by atoms with van der Waals surface area (Å²) in [6, 6.07) is 27.8. The van der Waals surface area contributed by atoms with E-state index in [2.05, 4.69) is 45.0 Å². The predicted molar refractivity (Wildman–Crippen MR) is 171 cm³/mol. The maximum atomic E-state index is 13.3. The normalized spacial score (nSPS) is 17.3. The fourth-order valence-corrected chi connectivity index (χ4v) is 6.59. The first-order valence-corrected chi connectivity index (χ1v) is 14.7. The first-order valence-electron chi connectivity index (χ1n) is 14.3. The third kappa shape index (κ3) is 4.95. The molecule has 0 bridgehead atoms. The van der Waals surface area contributed by atoms with Gasteiger partial charge in [0, 0.05) is 53.4 Å². The summed E-state index contributed by atoms with van der Waals surface area (Å²) in [7, 11) is 0. The number of rotatable bonds is 7. The number of nitrogens with one attached hydrogen (secondary N) is 2. The van der Waals surface area contributed by atoms with Crippen LogP contribution in [0, 0.1) is 13.8 Å². The number of amides is 1. The van der Waals surface area contributed by atoms with Gasteiger partial charge in [0.25, 0.3) is 0 Å². The van der Waals surface area contributed by atoms with Crippen LogP contribution in [0.25, 0.3) is 16.5 Å². The van der Waals surface area contributed by atoms with Crippen molar-refractivity contribution in [1.29, 1.82) is 0 Å². The number of aryl methyl sites for hydroxylation is 1. The molecule has 1 amide bonds. The van der Waals surface area contributed by atoms with Crippen molar-refractivity contribution in [3.63, 3.8) is 0 Å². The van der Waals surface area contributed by atoms with E-state index in [0.717, 1.165) is 56.3 Å². The van der Waals surface area contributed by atoms with Crippen LogP contribution in [0.2, 0.25) is 0 Å². The standard InChI is InChI=1S/C34H31N5O3S/c1-21-18-26(22(2)39(21)24-13-14-29-30(19-24)42-20-41-29)33-32(28-11-5-6-16-35-28)37-34(43)38(33)17-15-31(40)36-27-12-7-9-23-8-3-4-10-25(23)27/h3-14,16,18-19,32-33H,15,17,20H2,1-2H3,(H,36,40)(H,37,43)/t32-,33-/m1/s1. The molecule has 0 aliphatic carbocycles. The van der Waals surface area contributed by atoms with Gasteiger partial charge in [-0.2, -0.15) is 0 Å². The summed E-state index contributed by atoms with van der Waals surface area (Å²) >= 11 is 5.89. The lowest BCUT2D eigenvalue weighted by Gasteiger charge is -2.28. The number of fused-ring (bicyclic) bond motifs is 2. The fraction of sp³-hybridized carbons (Fsp3) is 0.206. The number of nitrogens with zero attached hydrogens (tertiary/aromatic N) is 3. The van der Waals surface area contributed by atoms with Crippen LogP contribution >= 0.6 is 12.2 Å². The first kappa shape index (κ1) is 27.0. The molecule has 7 rings (SSSR count). The molecule has 5 aromatic rings. The molecule has 43 heavy (non-hydrogen) atoms. The molecule has 8 nitrogen and oxygen atoms in total. The van der Waals surface area contributed by atoms with Gasteiger partial charge in [0.15, 0.2) is 16.6 Å². The molecule has 1 fully saturated rings. The Labute approximate surface area is 255 Å². The lowest BCUT2D eigenvalue weighted by molar-refractivity contribution is -0.116. The van der Waals surface area contributed by atoms with Crippen molar-refractivity contribution in [3.05, 3.63) is 114 Å². The van der Waals surface area contributed by atoms with Gasteiger partial charge >= 0.3 is 0 Å². The molecule has 2 aliphatic heterocycles. The minimum absolute atomic E-state index is 0.0648. The Morgan fingerprint density at radius 1 is 1.00 bits per heavy atom. The Hall–Kier alpha value is -4.89. The maximum Gasteiger partial charge on any atom is 0.231 e. The monoisotopic (exact) mass is 589 g/mol. The summed E-state index contributed by atoms with van der Waals surface area (Å²) < 4.78 is 13.4. The highest BCUT2D eigenvalue weighted by Crippen LogP contribution is 2.42. The summed E-state index contributed by atoms with van der Waals surface area (Å²) in [4.78, 5) is 20.1. The molecule has 0 radical (unpaired) electrons. The van der Waals surface area contributed by atoms with Gasteiger partial charge in [-0.25, -0.2) is 0 Å². The number of carbonyl (C=O) groups is 1. The lowest BCUT2D eigenvalue weighted by Crippen LogP contribution is -2.33. The zero-order valence-corrected chi connectivity index (χ0v) is 24.7. The molecule has 0 spiro atoms. The van der Waals surface area contributed by atoms with E-state index in [1.807, 2.05) is 78.9 Å². The number of hydrogen-bond donors (Lipinski definition) is 2. The highest BCUT2D eigenvalue weighted by molar-refractivity contribution is 7.80. The maximum absolute atomic E-state index is 13.3. The van der Waals surface area contributed by atoms with Crippen molar-refractivity contribution in [2.75, 3.05) is 18.7 Å². The van der Waals surface area contributed by atoms with Crippen molar-refractivity contribution in [1.82, 2.24) is 19.8 Å². The predicted octanol–water partition coefficient (Wildman–Crippen LogP) is 6.37. The van der Waals surface area contributed by atoms with E-state index >= 15 is 0 Å². The number of carbonyl (C=O) groups excluding carboxylic acids is 1. The third-order valence-electron chi connectivity index (χ3n) is 8.24.